The fourth-order valence-electron chi connectivity index (χ4n) is 2.43. The third-order valence-corrected chi connectivity index (χ3v) is 3.41. The first-order valence-corrected chi connectivity index (χ1v) is 5.88. The number of hydrogen-bond acceptors (Lipinski definition) is 0. The zero-order valence-electron chi connectivity index (χ0n) is 8.81. The van der Waals surface area contributed by atoms with Crippen LogP contribution in [-0.2, 0) is 0 Å². The Kier molecular flexibility index (Phi) is 4.72. The lowest BCUT2D eigenvalue weighted by Gasteiger charge is -2.36. The van der Waals surface area contributed by atoms with Crippen molar-refractivity contribution in [3.05, 3.63) is 0 Å². The van der Waals surface area contributed by atoms with E-state index in [0.29, 0.717) is 0 Å². The molecule has 0 nitrogen and oxygen atoms in total. The summed E-state index contributed by atoms with van der Waals surface area (Å²) in [6.07, 6.45) is 11.8. The van der Waals surface area contributed by atoms with Crippen LogP contribution in [0.4, 0.5) is 0 Å². The number of rotatable bonds is 6. The van der Waals surface area contributed by atoms with Gasteiger partial charge in [-0.1, -0.05) is 52.4 Å². The van der Waals surface area contributed by atoms with Crippen molar-refractivity contribution in [2.24, 2.45) is 11.8 Å². The van der Waals surface area contributed by atoms with Crippen molar-refractivity contribution in [3.63, 3.8) is 0 Å². The largest absolute Gasteiger partial charge is 0.0654 e. The third-order valence-electron chi connectivity index (χ3n) is 3.41. The molecule has 0 bridgehead atoms. The van der Waals surface area contributed by atoms with Gasteiger partial charge in [0, 0.05) is 0 Å². The van der Waals surface area contributed by atoms with E-state index in [4.69, 9.17) is 0 Å². The van der Waals surface area contributed by atoms with Gasteiger partial charge >= 0.3 is 0 Å². The molecule has 1 saturated carbocycles. The highest BCUT2D eigenvalue weighted by molar-refractivity contribution is 4.79. The van der Waals surface area contributed by atoms with Crippen molar-refractivity contribution in [3.8, 4) is 0 Å². The van der Waals surface area contributed by atoms with E-state index in [0.717, 1.165) is 11.8 Å². The van der Waals surface area contributed by atoms with Crippen molar-refractivity contribution in [1.29, 1.82) is 0 Å². The van der Waals surface area contributed by atoms with Gasteiger partial charge in [0.05, 0.1) is 0 Å². The van der Waals surface area contributed by atoms with Crippen LogP contribution in [-0.4, -0.2) is 0 Å². The first kappa shape index (κ1) is 10.1. The Morgan fingerprint density at radius 1 is 0.833 bits per heavy atom. The molecule has 0 heteroatoms. The van der Waals surface area contributed by atoms with Gasteiger partial charge < -0.3 is 0 Å². The quantitative estimate of drug-likeness (QED) is 0.516. The maximum Gasteiger partial charge on any atom is -0.0386 e. The molecule has 2 atom stereocenters. The summed E-state index contributed by atoms with van der Waals surface area (Å²) >= 11 is 0. The summed E-state index contributed by atoms with van der Waals surface area (Å²) in [5.74, 6) is 2.24. The predicted octanol–water partition coefficient (Wildman–Crippen LogP) is 4.39. The molecule has 0 heterocycles. The maximum atomic E-state index is 2.32. The van der Waals surface area contributed by atoms with Crippen LogP contribution in [0.1, 0.15) is 65.2 Å². The molecule has 1 aliphatic carbocycles. The van der Waals surface area contributed by atoms with Gasteiger partial charge in [-0.15, -0.1) is 0 Å². The third kappa shape index (κ3) is 2.80. The van der Waals surface area contributed by atoms with Crippen molar-refractivity contribution in [2.45, 2.75) is 65.2 Å². The van der Waals surface area contributed by atoms with Gasteiger partial charge in [-0.3, -0.25) is 0 Å². The van der Waals surface area contributed by atoms with Gasteiger partial charge in [0.15, 0.2) is 0 Å². The molecule has 72 valence electrons. The highest BCUT2D eigenvalue weighted by atomic mass is 14.3. The molecule has 0 amide bonds. The highest BCUT2D eigenvalue weighted by Gasteiger charge is 2.28. The average molecular weight is 168 g/mol. The molecular weight excluding hydrogens is 144 g/mol. The van der Waals surface area contributed by atoms with E-state index in [-0.39, 0.29) is 0 Å². The van der Waals surface area contributed by atoms with Crippen LogP contribution in [0.3, 0.4) is 0 Å². The smallest absolute Gasteiger partial charge is 0.0386 e. The molecule has 2 unspecified atom stereocenters. The second kappa shape index (κ2) is 5.61. The minimum Gasteiger partial charge on any atom is -0.0654 e. The Hall–Kier alpha value is 0. The Labute approximate surface area is 77.7 Å². The lowest BCUT2D eigenvalue weighted by Crippen LogP contribution is -2.25. The predicted molar refractivity (Wildman–Crippen MR) is 55.3 cm³/mol. The van der Waals surface area contributed by atoms with Crippen LogP contribution in [0.5, 0.6) is 0 Å². The minimum absolute atomic E-state index is 1.12. The molecule has 0 saturated heterocycles. The van der Waals surface area contributed by atoms with Gasteiger partial charge in [-0.2, -0.15) is 0 Å². The molecule has 0 aromatic rings. The van der Waals surface area contributed by atoms with Crippen LogP contribution >= 0.6 is 0 Å². The Balaban J connectivity index is 2.00. The SMILES string of the molecule is CCCCCC1CCC1CCC. The van der Waals surface area contributed by atoms with Crippen LogP contribution < -0.4 is 0 Å². The zero-order valence-corrected chi connectivity index (χ0v) is 8.81. The van der Waals surface area contributed by atoms with Crippen LogP contribution in [0.2, 0.25) is 0 Å². The van der Waals surface area contributed by atoms with E-state index in [1.54, 1.807) is 0 Å². The standard InChI is InChI=1S/C12H24/c1-3-5-6-8-12-10-9-11(12)7-4-2/h11-12H,3-10H2,1-2H3. The molecule has 0 aromatic carbocycles. The molecule has 0 aromatic heterocycles. The van der Waals surface area contributed by atoms with E-state index in [9.17, 15) is 0 Å². The van der Waals surface area contributed by atoms with Gasteiger partial charge in [0.25, 0.3) is 0 Å². The number of unbranched alkanes of at least 4 members (excludes halogenated alkanes) is 2. The van der Waals surface area contributed by atoms with E-state index in [1.165, 1.54) is 51.4 Å². The zero-order chi connectivity index (χ0) is 8.81. The molecular formula is C12H24. The molecule has 0 N–H and O–H groups in total. The Morgan fingerprint density at radius 2 is 1.50 bits per heavy atom. The maximum absolute atomic E-state index is 2.32. The highest BCUT2D eigenvalue weighted by Crippen LogP contribution is 2.40. The lowest BCUT2D eigenvalue weighted by molar-refractivity contribution is 0.148. The molecule has 1 aliphatic rings. The summed E-state index contributed by atoms with van der Waals surface area (Å²) in [6, 6.07) is 0. The summed E-state index contributed by atoms with van der Waals surface area (Å²) in [5.41, 5.74) is 0. The normalized spacial score (nSPS) is 28.5. The minimum atomic E-state index is 1.12. The second-order valence-electron chi connectivity index (χ2n) is 4.38. The van der Waals surface area contributed by atoms with Crippen molar-refractivity contribution >= 4 is 0 Å². The van der Waals surface area contributed by atoms with E-state index in [1.807, 2.05) is 0 Å². The van der Waals surface area contributed by atoms with E-state index in [2.05, 4.69) is 13.8 Å². The van der Waals surface area contributed by atoms with Gasteiger partial charge in [-0.05, 0) is 24.7 Å². The monoisotopic (exact) mass is 168 g/mol. The summed E-state index contributed by atoms with van der Waals surface area (Å²) in [7, 11) is 0. The summed E-state index contributed by atoms with van der Waals surface area (Å²) in [6.45, 7) is 4.62. The van der Waals surface area contributed by atoms with Crippen LogP contribution in [0.15, 0.2) is 0 Å². The van der Waals surface area contributed by atoms with Crippen LogP contribution in [0.25, 0.3) is 0 Å². The lowest BCUT2D eigenvalue weighted by atomic mass is 9.69. The van der Waals surface area contributed by atoms with Crippen molar-refractivity contribution in [2.75, 3.05) is 0 Å². The molecule has 1 fully saturated rings. The summed E-state index contributed by atoms with van der Waals surface area (Å²) < 4.78 is 0. The van der Waals surface area contributed by atoms with Gasteiger partial charge in [0.1, 0.15) is 0 Å². The van der Waals surface area contributed by atoms with E-state index < -0.39 is 0 Å². The average Bonchev–Trinajstić information content (AvgIpc) is 2.06. The van der Waals surface area contributed by atoms with Crippen molar-refractivity contribution < 1.29 is 0 Å². The molecule has 0 aliphatic heterocycles. The fourth-order valence-corrected chi connectivity index (χ4v) is 2.43. The van der Waals surface area contributed by atoms with Gasteiger partial charge in [-0.25, -0.2) is 0 Å². The van der Waals surface area contributed by atoms with E-state index >= 15 is 0 Å². The first-order valence-electron chi connectivity index (χ1n) is 5.88. The van der Waals surface area contributed by atoms with Gasteiger partial charge in [0.2, 0.25) is 0 Å². The summed E-state index contributed by atoms with van der Waals surface area (Å²) in [4.78, 5) is 0. The van der Waals surface area contributed by atoms with Crippen molar-refractivity contribution in [1.82, 2.24) is 0 Å². The fraction of sp³-hybridized carbons (Fsp3) is 1.00. The number of hydrogen-bond donors (Lipinski definition) is 0. The second-order valence-corrected chi connectivity index (χ2v) is 4.38. The molecule has 0 spiro atoms. The molecule has 1 rings (SSSR count). The topological polar surface area (TPSA) is 0 Å². The van der Waals surface area contributed by atoms with Crippen LogP contribution in [0, 0.1) is 11.8 Å². The molecule has 0 radical (unpaired) electrons. The molecule has 12 heavy (non-hydrogen) atoms. The Bertz CT molecular complexity index is 107. The summed E-state index contributed by atoms with van der Waals surface area (Å²) in [5, 5.41) is 0. The first-order chi connectivity index (χ1) is 5.88. The Morgan fingerprint density at radius 3 is 2.00 bits per heavy atom.